The average Bonchev–Trinajstić information content (AvgIpc) is 3.09. The zero-order chi connectivity index (χ0) is 21.3. The van der Waals surface area contributed by atoms with Crippen molar-refractivity contribution in [3.8, 4) is 16.9 Å². The number of halogens is 4. The Morgan fingerprint density at radius 2 is 1.72 bits per heavy atom. The molecule has 0 unspecified atom stereocenters. The zero-order valence-corrected chi connectivity index (χ0v) is 15.4. The monoisotopic (exact) mass is 425 g/mol. The molecular formula is C19H11F4NO4S. The van der Waals surface area contributed by atoms with Gasteiger partial charge in [-0.3, -0.25) is 4.79 Å². The van der Waals surface area contributed by atoms with Crippen molar-refractivity contribution in [3.63, 3.8) is 0 Å². The van der Waals surface area contributed by atoms with Crippen LogP contribution in [0, 0.1) is 23.3 Å². The minimum Gasteiger partial charge on any atom is -0.491 e. The first-order valence-corrected chi connectivity index (χ1v) is 8.76. The predicted octanol–water partition coefficient (Wildman–Crippen LogP) is 4.93. The van der Waals surface area contributed by atoms with Gasteiger partial charge in [0, 0.05) is 10.9 Å². The fourth-order valence-corrected chi connectivity index (χ4v) is 3.56. The van der Waals surface area contributed by atoms with E-state index in [2.05, 4.69) is 10.1 Å². The van der Waals surface area contributed by atoms with Gasteiger partial charge < -0.3 is 15.2 Å². The Morgan fingerprint density at radius 1 is 1.07 bits per heavy atom. The van der Waals surface area contributed by atoms with Crippen molar-refractivity contribution in [2.75, 3.05) is 12.4 Å². The van der Waals surface area contributed by atoms with Gasteiger partial charge in [0.1, 0.15) is 16.4 Å². The molecule has 2 aromatic carbocycles. The van der Waals surface area contributed by atoms with Crippen LogP contribution in [0.4, 0.5) is 22.6 Å². The Morgan fingerprint density at radius 3 is 2.31 bits per heavy atom. The van der Waals surface area contributed by atoms with Crippen LogP contribution in [-0.2, 0) is 0 Å². The molecule has 10 heteroatoms. The number of carbonyl (C=O) groups excluding carboxylic acids is 1. The minimum atomic E-state index is -1.59. The summed E-state index contributed by atoms with van der Waals surface area (Å²) in [5.41, 5.74) is -0.610. The number of carboxylic acids is 1. The molecule has 3 aromatic rings. The van der Waals surface area contributed by atoms with E-state index in [0.717, 1.165) is 30.6 Å². The highest BCUT2D eigenvalue weighted by molar-refractivity contribution is 7.15. The van der Waals surface area contributed by atoms with Crippen molar-refractivity contribution in [1.82, 2.24) is 0 Å². The maximum atomic E-state index is 14.3. The molecule has 0 aliphatic rings. The van der Waals surface area contributed by atoms with Crippen LogP contribution < -0.4 is 10.1 Å². The Labute approximate surface area is 165 Å². The van der Waals surface area contributed by atoms with Crippen molar-refractivity contribution < 1.29 is 37.0 Å². The Bertz CT molecular complexity index is 1110. The molecule has 0 saturated carbocycles. The van der Waals surface area contributed by atoms with Crippen LogP contribution in [0.5, 0.6) is 5.75 Å². The first kappa shape index (κ1) is 20.3. The third kappa shape index (κ3) is 3.79. The molecule has 0 bridgehead atoms. The summed E-state index contributed by atoms with van der Waals surface area (Å²) in [6, 6.07) is 5.34. The third-order valence-electron chi connectivity index (χ3n) is 3.95. The number of carboxylic acid groups (broad SMARTS) is 1. The second kappa shape index (κ2) is 7.92. The smallest absolute Gasteiger partial charge is 0.339 e. The van der Waals surface area contributed by atoms with Gasteiger partial charge in [0.2, 0.25) is 5.82 Å². The SMILES string of the molecule is COc1c(F)c(F)cc(C(=O)Nc2scc(-c3ccc(F)cc3)c2C(=O)O)c1F. The van der Waals surface area contributed by atoms with Gasteiger partial charge in [0.15, 0.2) is 17.4 Å². The van der Waals surface area contributed by atoms with Crippen LogP contribution in [0.25, 0.3) is 11.1 Å². The summed E-state index contributed by atoms with van der Waals surface area (Å²) in [5, 5.41) is 13.0. The normalized spacial score (nSPS) is 10.7. The van der Waals surface area contributed by atoms with E-state index in [9.17, 15) is 32.3 Å². The molecule has 150 valence electrons. The molecule has 0 atom stereocenters. The molecule has 29 heavy (non-hydrogen) atoms. The number of nitrogens with one attached hydrogen (secondary N) is 1. The van der Waals surface area contributed by atoms with E-state index < -0.39 is 46.5 Å². The Balaban J connectivity index is 2.01. The Kier molecular flexibility index (Phi) is 5.55. The number of hydrogen-bond acceptors (Lipinski definition) is 4. The van der Waals surface area contributed by atoms with Crippen molar-refractivity contribution in [2.45, 2.75) is 0 Å². The lowest BCUT2D eigenvalue weighted by atomic mass is 10.0. The molecule has 0 saturated heterocycles. The Hall–Kier alpha value is -3.40. The highest BCUT2D eigenvalue weighted by atomic mass is 32.1. The number of hydrogen-bond donors (Lipinski definition) is 2. The lowest BCUT2D eigenvalue weighted by Gasteiger charge is -2.10. The second-order valence-electron chi connectivity index (χ2n) is 5.69. The molecule has 1 amide bonds. The van der Waals surface area contributed by atoms with Crippen LogP contribution in [0.1, 0.15) is 20.7 Å². The average molecular weight is 425 g/mol. The van der Waals surface area contributed by atoms with E-state index in [1.54, 1.807) is 0 Å². The first-order chi connectivity index (χ1) is 13.7. The fourth-order valence-electron chi connectivity index (χ4n) is 2.60. The van der Waals surface area contributed by atoms with E-state index >= 15 is 0 Å². The molecule has 2 N–H and O–H groups in total. The number of ether oxygens (including phenoxy) is 1. The molecular weight excluding hydrogens is 414 g/mol. The van der Waals surface area contributed by atoms with Gasteiger partial charge in [0.25, 0.3) is 5.91 Å². The number of carbonyl (C=O) groups is 2. The van der Waals surface area contributed by atoms with Crippen molar-refractivity contribution in [3.05, 3.63) is 70.1 Å². The molecule has 0 fully saturated rings. The molecule has 1 aromatic heterocycles. The predicted molar refractivity (Wildman–Crippen MR) is 97.5 cm³/mol. The maximum Gasteiger partial charge on any atom is 0.339 e. The standard InChI is InChI=1S/C19H11F4NO4S/c1-28-16-14(22)10(6-12(21)15(16)23)17(25)24-18-13(19(26)27)11(7-29-18)8-2-4-9(20)5-3-8/h2-7H,1H3,(H,24,25)(H,26,27). The fraction of sp³-hybridized carbons (Fsp3) is 0.0526. The molecule has 0 spiro atoms. The lowest BCUT2D eigenvalue weighted by Crippen LogP contribution is -2.16. The van der Waals surface area contributed by atoms with E-state index in [1.807, 2.05) is 0 Å². The highest BCUT2D eigenvalue weighted by Gasteiger charge is 2.26. The largest absolute Gasteiger partial charge is 0.491 e. The van der Waals surface area contributed by atoms with Gasteiger partial charge in [-0.1, -0.05) is 12.1 Å². The highest BCUT2D eigenvalue weighted by Crippen LogP contribution is 2.36. The van der Waals surface area contributed by atoms with E-state index in [0.29, 0.717) is 11.6 Å². The number of aromatic carboxylic acids is 1. The summed E-state index contributed by atoms with van der Waals surface area (Å²) in [4.78, 5) is 24.1. The van der Waals surface area contributed by atoms with Gasteiger partial charge in [-0.15, -0.1) is 11.3 Å². The number of benzene rings is 2. The summed E-state index contributed by atoms with van der Waals surface area (Å²) >= 11 is 0.822. The molecule has 1 heterocycles. The van der Waals surface area contributed by atoms with Gasteiger partial charge in [-0.25, -0.2) is 18.0 Å². The van der Waals surface area contributed by atoms with Gasteiger partial charge in [-0.2, -0.15) is 4.39 Å². The van der Waals surface area contributed by atoms with Gasteiger partial charge >= 0.3 is 5.97 Å². The molecule has 0 aliphatic heterocycles. The first-order valence-electron chi connectivity index (χ1n) is 7.88. The number of amides is 1. The quantitative estimate of drug-likeness (QED) is 0.449. The molecule has 0 aliphatic carbocycles. The van der Waals surface area contributed by atoms with Gasteiger partial charge in [0.05, 0.1) is 12.7 Å². The summed E-state index contributed by atoms with van der Waals surface area (Å²) in [7, 11) is 0.902. The third-order valence-corrected chi connectivity index (χ3v) is 4.85. The number of thiophene rings is 1. The molecule has 3 rings (SSSR count). The van der Waals surface area contributed by atoms with E-state index in [-0.39, 0.29) is 16.1 Å². The van der Waals surface area contributed by atoms with Crippen molar-refractivity contribution in [2.24, 2.45) is 0 Å². The van der Waals surface area contributed by atoms with Crippen LogP contribution in [0.3, 0.4) is 0 Å². The summed E-state index contributed by atoms with van der Waals surface area (Å²) < 4.78 is 59.0. The molecule has 5 nitrogen and oxygen atoms in total. The van der Waals surface area contributed by atoms with Crippen LogP contribution in [-0.4, -0.2) is 24.1 Å². The second-order valence-corrected chi connectivity index (χ2v) is 6.57. The van der Waals surface area contributed by atoms with Crippen molar-refractivity contribution in [1.29, 1.82) is 0 Å². The van der Waals surface area contributed by atoms with Crippen LogP contribution >= 0.6 is 11.3 Å². The lowest BCUT2D eigenvalue weighted by molar-refractivity contribution is 0.0699. The number of methoxy groups -OCH3 is 1. The van der Waals surface area contributed by atoms with Crippen LogP contribution in [0.15, 0.2) is 35.7 Å². The number of anilines is 1. The number of rotatable bonds is 5. The van der Waals surface area contributed by atoms with Gasteiger partial charge in [-0.05, 0) is 23.8 Å². The zero-order valence-electron chi connectivity index (χ0n) is 14.6. The minimum absolute atomic E-state index is 0.162. The summed E-state index contributed by atoms with van der Waals surface area (Å²) in [6.07, 6.45) is 0. The topological polar surface area (TPSA) is 75.6 Å². The van der Waals surface area contributed by atoms with Crippen LogP contribution in [0.2, 0.25) is 0 Å². The van der Waals surface area contributed by atoms with Crippen molar-refractivity contribution >= 4 is 28.2 Å². The molecule has 0 radical (unpaired) electrons. The summed E-state index contributed by atoms with van der Waals surface area (Å²) in [5.74, 6) is -8.73. The maximum absolute atomic E-state index is 14.3. The van der Waals surface area contributed by atoms with E-state index in [4.69, 9.17) is 0 Å². The van der Waals surface area contributed by atoms with E-state index in [1.165, 1.54) is 17.5 Å². The summed E-state index contributed by atoms with van der Waals surface area (Å²) in [6.45, 7) is 0.